The van der Waals surface area contributed by atoms with Gasteiger partial charge < -0.3 is 19.2 Å². The van der Waals surface area contributed by atoms with Crippen molar-refractivity contribution in [3.05, 3.63) is 106 Å². The second kappa shape index (κ2) is 11.8. The van der Waals surface area contributed by atoms with Crippen LogP contribution in [0.15, 0.2) is 88.1 Å². The molecule has 1 N–H and O–H groups in total. The van der Waals surface area contributed by atoms with Crippen molar-refractivity contribution in [3.8, 4) is 5.75 Å². The molecule has 1 aromatic heterocycles. The number of ether oxygens (including phenoxy) is 2. The summed E-state index contributed by atoms with van der Waals surface area (Å²) in [7, 11) is 0. The van der Waals surface area contributed by atoms with Gasteiger partial charge in [0.05, 0.1) is 17.7 Å². The molecule has 38 heavy (non-hydrogen) atoms. The average Bonchev–Trinajstić information content (AvgIpc) is 2.89. The lowest BCUT2D eigenvalue weighted by Crippen LogP contribution is -2.24. The first-order valence-corrected chi connectivity index (χ1v) is 12.6. The first-order chi connectivity index (χ1) is 18.2. The van der Waals surface area contributed by atoms with E-state index in [1.165, 1.54) is 5.56 Å². The molecule has 7 nitrogen and oxygen atoms in total. The van der Waals surface area contributed by atoms with E-state index in [4.69, 9.17) is 13.9 Å². The lowest BCUT2D eigenvalue weighted by molar-refractivity contribution is 0.00364. The summed E-state index contributed by atoms with van der Waals surface area (Å²) in [6.07, 6.45) is 2.97. The Bertz CT molecular complexity index is 1470. The molecule has 4 aromatic rings. The van der Waals surface area contributed by atoms with Gasteiger partial charge in [0.1, 0.15) is 11.4 Å². The number of para-hydroxylation sites is 1. The molecule has 0 fully saturated rings. The van der Waals surface area contributed by atoms with Crippen LogP contribution in [-0.2, 0) is 11.2 Å². The minimum absolute atomic E-state index is 0.102. The molecule has 0 bridgehead atoms. The fourth-order valence-corrected chi connectivity index (χ4v) is 3.87. The van der Waals surface area contributed by atoms with Crippen molar-refractivity contribution >= 4 is 28.5 Å². The minimum Gasteiger partial charge on any atom is -0.494 e. The summed E-state index contributed by atoms with van der Waals surface area (Å²) in [5, 5.41) is 3.02. The first kappa shape index (κ1) is 26.7. The van der Waals surface area contributed by atoms with Crippen molar-refractivity contribution < 1.29 is 23.5 Å². The molecule has 0 saturated heterocycles. The molecular weight excluding hydrogens is 482 g/mol. The molecule has 7 heteroatoms. The summed E-state index contributed by atoms with van der Waals surface area (Å²) >= 11 is 0. The van der Waals surface area contributed by atoms with Crippen LogP contribution < -0.4 is 15.5 Å². The molecule has 4 rings (SSSR count). The number of fused-ring (bicyclic) bond motifs is 1. The molecule has 1 heterocycles. The van der Waals surface area contributed by atoms with Gasteiger partial charge in [-0.2, -0.15) is 0 Å². The van der Waals surface area contributed by atoms with Gasteiger partial charge in [0.15, 0.2) is 11.0 Å². The van der Waals surface area contributed by atoms with Gasteiger partial charge >= 0.3 is 5.97 Å². The third-order valence-electron chi connectivity index (χ3n) is 5.69. The molecule has 0 aliphatic carbocycles. The van der Waals surface area contributed by atoms with E-state index in [2.05, 4.69) is 17.4 Å². The molecule has 196 valence electrons. The molecule has 1 amide bonds. The molecule has 0 radical (unpaired) electrons. The molecule has 0 saturated carbocycles. The fraction of sp³-hybridized carbons (Fsp3) is 0.258. The van der Waals surface area contributed by atoms with Gasteiger partial charge in [0.25, 0.3) is 5.91 Å². The van der Waals surface area contributed by atoms with E-state index in [1.54, 1.807) is 63.2 Å². The van der Waals surface area contributed by atoms with Crippen molar-refractivity contribution in [2.24, 2.45) is 0 Å². The first-order valence-electron chi connectivity index (χ1n) is 12.6. The second-order valence-corrected chi connectivity index (χ2v) is 9.93. The Morgan fingerprint density at radius 1 is 0.895 bits per heavy atom. The summed E-state index contributed by atoms with van der Waals surface area (Å²) in [5.74, 6) is -0.700. The van der Waals surface area contributed by atoms with Gasteiger partial charge in [0.2, 0.25) is 5.76 Å². The lowest BCUT2D eigenvalue weighted by Gasteiger charge is -2.19. The standard InChI is InChI=1S/C31H31NO6/c1-31(2,3)38-30(35)27-20-26(33)24-13-9-14-25(28(24)37-27)32-29(34)22-15-17-23(18-16-22)36-19-8-7-12-21-10-5-4-6-11-21/h4-6,9-11,13-18,20H,7-8,12,19H2,1-3H3,(H,32,34). The van der Waals surface area contributed by atoms with Crippen molar-refractivity contribution in [1.82, 2.24) is 0 Å². The van der Waals surface area contributed by atoms with Crippen LogP contribution >= 0.6 is 0 Å². The van der Waals surface area contributed by atoms with Crippen LogP contribution in [0.5, 0.6) is 5.75 Å². The predicted molar refractivity (Wildman–Crippen MR) is 147 cm³/mol. The van der Waals surface area contributed by atoms with E-state index in [-0.39, 0.29) is 22.4 Å². The Morgan fingerprint density at radius 2 is 1.63 bits per heavy atom. The van der Waals surface area contributed by atoms with Crippen LogP contribution in [0.1, 0.15) is 60.1 Å². The molecule has 0 spiro atoms. The van der Waals surface area contributed by atoms with Gasteiger partial charge in [-0.05, 0) is 82.0 Å². The molecular formula is C31H31NO6. The topological polar surface area (TPSA) is 94.8 Å². The van der Waals surface area contributed by atoms with Crippen LogP contribution in [0.25, 0.3) is 11.0 Å². The quantitative estimate of drug-likeness (QED) is 0.205. The third-order valence-corrected chi connectivity index (χ3v) is 5.69. The minimum atomic E-state index is -0.756. The highest BCUT2D eigenvalue weighted by Crippen LogP contribution is 2.24. The number of hydrogen-bond donors (Lipinski definition) is 1. The Balaban J connectivity index is 1.39. The molecule has 0 atom stereocenters. The zero-order valence-electron chi connectivity index (χ0n) is 21.8. The van der Waals surface area contributed by atoms with Crippen molar-refractivity contribution in [3.63, 3.8) is 0 Å². The van der Waals surface area contributed by atoms with Crippen molar-refractivity contribution in [1.29, 1.82) is 0 Å². The van der Waals surface area contributed by atoms with Crippen LogP contribution in [0.2, 0.25) is 0 Å². The Kier molecular flexibility index (Phi) is 8.26. The zero-order chi connectivity index (χ0) is 27.1. The van der Waals surface area contributed by atoms with Gasteiger partial charge in [-0.1, -0.05) is 36.4 Å². The van der Waals surface area contributed by atoms with E-state index in [0.717, 1.165) is 25.3 Å². The second-order valence-electron chi connectivity index (χ2n) is 9.93. The number of aryl methyl sites for hydroxylation is 1. The smallest absolute Gasteiger partial charge is 0.374 e. The lowest BCUT2D eigenvalue weighted by atomic mass is 10.1. The van der Waals surface area contributed by atoms with Crippen LogP contribution in [-0.4, -0.2) is 24.1 Å². The van der Waals surface area contributed by atoms with Gasteiger partial charge in [0, 0.05) is 11.6 Å². The predicted octanol–water partition coefficient (Wildman–Crippen LogP) is 6.40. The van der Waals surface area contributed by atoms with E-state index in [9.17, 15) is 14.4 Å². The number of benzene rings is 3. The highest BCUT2D eigenvalue weighted by Gasteiger charge is 2.22. The summed E-state index contributed by atoms with van der Waals surface area (Å²) in [6.45, 7) is 5.75. The number of rotatable bonds is 9. The maximum absolute atomic E-state index is 12.9. The fourth-order valence-electron chi connectivity index (χ4n) is 3.87. The van der Waals surface area contributed by atoms with E-state index in [1.807, 2.05) is 18.2 Å². The average molecular weight is 514 g/mol. The number of carbonyl (C=O) groups is 2. The maximum atomic E-state index is 12.9. The van der Waals surface area contributed by atoms with Gasteiger partial charge in [-0.15, -0.1) is 0 Å². The van der Waals surface area contributed by atoms with Gasteiger partial charge in [-0.3, -0.25) is 9.59 Å². The van der Waals surface area contributed by atoms with E-state index < -0.39 is 22.9 Å². The highest BCUT2D eigenvalue weighted by atomic mass is 16.6. The zero-order valence-corrected chi connectivity index (χ0v) is 21.8. The molecule has 0 unspecified atom stereocenters. The maximum Gasteiger partial charge on any atom is 0.374 e. The van der Waals surface area contributed by atoms with Crippen molar-refractivity contribution in [2.45, 2.75) is 45.6 Å². The molecule has 3 aromatic carbocycles. The summed E-state index contributed by atoms with van der Waals surface area (Å²) < 4.78 is 16.9. The monoisotopic (exact) mass is 513 g/mol. The highest BCUT2D eigenvalue weighted by molar-refractivity contribution is 6.08. The normalized spacial score (nSPS) is 11.2. The Hall–Kier alpha value is -4.39. The number of unbranched alkanes of at least 4 members (excludes halogenated alkanes) is 1. The number of nitrogens with one attached hydrogen (secondary N) is 1. The van der Waals surface area contributed by atoms with E-state index in [0.29, 0.717) is 17.9 Å². The largest absolute Gasteiger partial charge is 0.494 e. The van der Waals surface area contributed by atoms with Crippen LogP contribution in [0.4, 0.5) is 5.69 Å². The SMILES string of the molecule is CC(C)(C)OC(=O)c1cc(=O)c2cccc(NC(=O)c3ccc(OCCCCc4ccccc4)cc3)c2o1. The molecule has 0 aliphatic heterocycles. The summed E-state index contributed by atoms with van der Waals surface area (Å²) in [4.78, 5) is 38.0. The number of esters is 1. The van der Waals surface area contributed by atoms with Crippen LogP contribution in [0, 0.1) is 0 Å². The number of amides is 1. The van der Waals surface area contributed by atoms with Gasteiger partial charge in [-0.25, -0.2) is 4.79 Å². The third kappa shape index (κ3) is 7.09. The molecule has 0 aliphatic rings. The van der Waals surface area contributed by atoms with Crippen molar-refractivity contribution in [2.75, 3.05) is 11.9 Å². The number of hydrogen-bond acceptors (Lipinski definition) is 6. The number of anilines is 1. The Labute approximate surface area is 221 Å². The number of carbonyl (C=O) groups excluding carboxylic acids is 2. The summed E-state index contributed by atoms with van der Waals surface area (Å²) in [6, 6.07) is 23.1. The summed E-state index contributed by atoms with van der Waals surface area (Å²) in [5.41, 5.74) is 0.932. The Morgan fingerprint density at radius 3 is 2.34 bits per heavy atom. The van der Waals surface area contributed by atoms with E-state index >= 15 is 0 Å². The van der Waals surface area contributed by atoms with Crippen LogP contribution in [0.3, 0.4) is 0 Å².